The van der Waals surface area contributed by atoms with Crippen molar-refractivity contribution >= 4 is 16.7 Å². The number of carboxylic acids is 1. The van der Waals surface area contributed by atoms with Gasteiger partial charge in [-0.25, -0.2) is 0 Å². The van der Waals surface area contributed by atoms with Gasteiger partial charge in [0.05, 0.1) is 12.0 Å². The Morgan fingerprint density at radius 2 is 1.57 bits per heavy atom. The van der Waals surface area contributed by atoms with Gasteiger partial charge >= 0.3 is 18.3 Å². The Bertz CT molecular complexity index is 1080. The van der Waals surface area contributed by atoms with Crippen molar-refractivity contribution in [2.75, 3.05) is 0 Å². The first-order chi connectivity index (χ1) is 17.4. The van der Waals surface area contributed by atoms with Crippen molar-refractivity contribution in [2.45, 2.75) is 88.8 Å². The quantitative estimate of drug-likeness (QED) is 0.364. The van der Waals surface area contributed by atoms with Gasteiger partial charge in [-0.2, -0.15) is 26.3 Å². The predicted molar refractivity (Wildman–Crippen MR) is 126 cm³/mol. The lowest BCUT2D eigenvalue weighted by molar-refractivity contribution is -0.185. The fraction of sp³-hybridized carbons (Fsp3) is 0.593. The molecule has 0 bridgehead atoms. The Labute approximate surface area is 211 Å². The van der Waals surface area contributed by atoms with E-state index in [2.05, 4.69) is 5.32 Å². The van der Waals surface area contributed by atoms with E-state index in [1.807, 2.05) is 0 Å². The maximum absolute atomic E-state index is 14.2. The number of carboxylic acid groups (broad SMARTS) is 1. The molecule has 2 saturated carbocycles. The summed E-state index contributed by atoms with van der Waals surface area (Å²) in [4.78, 5) is 10.9. The fourth-order valence-corrected chi connectivity index (χ4v) is 5.61. The Kier molecular flexibility index (Phi) is 8.26. The highest BCUT2D eigenvalue weighted by Gasteiger charge is 2.42. The molecule has 0 spiro atoms. The minimum absolute atomic E-state index is 0.00144. The summed E-state index contributed by atoms with van der Waals surface area (Å²) in [5, 5.41) is 12.7. The molecule has 37 heavy (non-hydrogen) atoms. The predicted octanol–water partition coefficient (Wildman–Crippen LogP) is 7.48. The van der Waals surface area contributed by atoms with Gasteiger partial charge in [-0.15, -0.1) is 0 Å². The summed E-state index contributed by atoms with van der Waals surface area (Å²) in [5.74, 6) is -2.43. The van der Waals surface area contributed by atoms with Crippen molar-refractivity contribution in [1.29, 1.82) is 0 Å². The average molecular weight is 532 g/mol. The van der Waals surface area contributed by atoms with Crippen LogP contribution in [0.4, 0.5) is 26.3 Å². The topological polar surface area (TPSA) is 58.6 Å². The lowest BCUT2D eigenvalue weighted by atomic mass is 9.84. The summed E-state index contributed by atoms with van der Waals surface area (Å²) < 4.78 is 87.1. The zero-order chi connectivity index (χ0) is 26.8. The third-order valence-corrected chi connectivity index (χ3v) is 7.67. The zero-order valence-electron chi connectivity index (χ0n) is 20.3. The third kappa shape index (κ3) is 7.09. The van der Waals surface area contributed by atoms with Crippen LogP contribution in [-0.2, 0) is 17.5 Å². The maximum Gasteiger partial charge on any atom is 0.420 e. The molecule has 10 heteroatoms. The first-order valence-electron chi connectivity index (χ1n) is 12.7. The van der Waals surface area contributed by atoms with E-state index in [0.717, 1.165) is 25.7 Å². The molecule has 0 atom stereocenters. The van der Waals surface area contributed by atoms with Gasteiger partial charge in [0.15, 0.2) is 0 Å². The second kappa shape index (κ2) is 11.1. The number of hydrogen-bond donors (Lipinski definition) is 2. The molecule has 2 fully saturated rings. The van der Waals surface area contributed by atoms with Crippen LogP contribution >= 0.6 is 0 Å². The normalized spacial score (nSPS) is 25.2. The van der Waals surface area contributed by atoms with Crippen LogP contribution in [0.25, 0.3) is 10.8 Å². The van der Waals surface area contributed by atoms with Gasteiger partial charge in [0.1, 0.15) is 11.3 Å². The lowest BCUT2D eigenvalue weighted by Gasteiger charge is -2.31. The van der Waals surface area contributed by atoms with E-state index >= 15 is 0 Å². The Morgan fingerprint density at radius 1 is 0.919 bits per heavy atom. The van der Waals surface area contributed by atoms with Gasteiger partial charge in [0, 0.05) is 19.0 Å². The molecule has 4 nitrogen and oxygen atoms in total. The molecule has 2 N–H and O–H groups in total. The first kappa shape index (κ1) is 27.5. The second-order valence-electron chi connectivity index (χ2n) is 10.3. The van der Waals surface area contributed by atoms with Crippen molar-refractivity contribution in [1.82, 2.24) is 5.32 Å². The van der Waals surface area contributed by atoms with E-state index in [1.54, 1.807) is 18.2 Å². The van der Waals surface area contributed by atoms with Crippen LogP contribution in [0, 0.1) is 11.8 Å². The molecule has 2 aromatic rings. The molecule has 0 radical (unpaired) electrons. The van der Waals surface area contributed by atoms with Gasteiger partial charge in [0.25, 0.3) is 0 Å². The van der Waals surface area contributed by atoms with E-state index < -0.39 is 35.9 Å². The monoisotopic (exact) mass is 531 g/mol. The first-order valence-corrected chi connectivity index (χ1v) is 12.7. The highest BCUT2D eigenvalue weighted by Crippen LogP contribution is 2.44. The number of aliphatic carboxylic acids is 1. The van der Waals surface area contributed by atoms with E-state index in [-0.39, 0.29) is 55.2 Å². The summed E-state index contributed by atoms with van der Waals surface area (Å²) in [5.41, 5.74) is -0.229. The van der Waals surface area contributed by atoms with Crippen LogP contribution in [0.2, 0.25) is 0 Å². The van der Waals surface area contributed by atoms with Gasteiger partial charge < -0.3 is 15.2 Å². The summed E-state index contributed by atoms with van der Waals surface area (Å²) in [6.45, 7) is 0.369. The Morgan fingerprint density at radius 3 is 2.16 bits per heavy atom. The van der Waals surface area contributed by atoms with Crippen molar-refractivity contribution in [3.8, 4) is 5.75 Å². The van der Waals surface area contributed by atoms with Crippen LogP contribution in [-0.4, -0.2) is 29.4 Å². The number of nitrogens with one attached hydrogen (secondary N) is 1. The third-order valence-electron chi connectivity index (χ3n) is 7.67. The molecule has 0 aliphatic heterocycles. The molecular weight excluding hydrogens is 500 g/mol. The average Bonchev–Trinajstić information content (AvgIpc) is 2.82. The number of fused-ring (bicyclic) bond motifs is 1. The Hall–Kier alpha value is -2.49. The molecule has 0 heterocycles. The second-order valence-corrected chi connectivity index (χ2v) is 10.3. The van der Waals surface area contributed by atoms with Crippen LogP contribution in [0.5, 0.6) is 5.75 Å². The van der Waals surface area contributed by atoms with Gasteiger partial charge in [0.2, 0.25) is 0 Å². The highest BCUT2D eigenvalue weighted by atomic mass is 19.4. The zero-order valence-corrected chi connectivity index (χ0v) is 20.3. The van der Waals surface area contributed by atoms with Crippen LogP contribution in [0.3, 0.4) is 0 Å². The van der Waals surface area contributed by atoms with Crippen molar-refractivity contribution in [2.24, 2.45) is 11.8 Å². The van der Waals surface area contributed by atoms with Crippen LogP contribution in [0.1, 0.15) is 68.9 Å². The van der Waals surface area contributed by atoms with E-state index in [4.69, 9.17) is 9.84 Å². The summed E-state index contributed by atoms with van der Waals surface area (Å²) in [6, 6.07) is 7.86. The number of hydrogen-bond acceptors (Lipinski definition) is 3. The molecule has 0 amide bonds. The molecule has 0 aromatic heterocycles. The van der Waals surface area contributed by atoms with Gasteiger partial charge in [-0.05, 0) is 85.8 Å². The fourth-order valence-electron chi connectivity index (χ4n) is 5.61. The number of ether oxygens (including phenoxy) is 1. The van der Waals surface area contributed by atoms with E-state index in [1.165, 1.54) is 12.1 Å². The van der Waals surface area contributed by atoms with Crippen molar-refractivity contribution in [3.63, 3.8) is 0 Å². The molecular formula is C27H31F6NO3. The molecule has 4 rings (SSSR count). The number of carbonyl (C=O) groups is 1. The van der Waals surface area contributed by atoms with E-state index in [9.17, 15) is 31.1 Å². The standard InChI is InChI=1S/C27H31F6NO3/c28-26(29,30)19-6-10-21(11-7-19)37-23-12-5-18-4-1-17(13-22(18)25(23)27(31,32)33)15-34-20-8-2-16(3-9-20)14-24(35)36/h1,4-5,12-13,16,19-21,34H,2-3,6-11,14-15H2,(H,35,36)/t16?,19-,20?,21+. The number of benzene rings is 2. The van der Waals surface area contributed by atoms with Gasteiger partial charge in [-0.3, -0.25) is 4.79 Å². The SMILES string of the molecule is O=C(O)CC1CCC(NCc2ccc3ccc(O[C@H]4CC[C@@H](C(F)(F)F)CC4)c(C(F)(F)F)c3c2)CC1. The van der Waals surface area contributed by atoms with Crippen LogP contribution < -0.4 is 10.1 Å². The lowest BCUT2D eigenvalue weighted by Crippen LogP contribution is -2.33. The molecule has 2 aliphatic rings. The maximum atomic E-state index is 14.2. The highest BCUT2D eigenvalue weighted by molar-refractivity contribution is 5.89. The van der Waals surface area contributed by atoms with Gasteiger partial charge in [-0.1, -0.05) is 18.2 Å². The largest absolute Gasteiger partial charge is 0.490 e. The number of alkyl halides is 6. The minimum atomic E-state index is -4.70. The minimum Gasteiger partial charge on any atom is -0.490 e. The van der Waals surface area contributed by atoms with Crippen molar-refractivity contribution in [3.05, 3.63) is 41.5 Å². The smallest absolute Gasteiger partial charge is 0.420 e. The van der Waals surface area contributed by atoms with Crippen molar-refractivity contribution < 1.29 is 41.0 Å². The number of rotatable bonds is 7. The molecule has 0 saturated heterocycles. The molecule has 0 unspecified atom stereocenters. The summed E-state index contributed by atoms with van der Waals surface area (Å²) >= 11 is 0. The van der Waals surface area contributed by atoms with Crippen LogP contribution in [0.15, 0.2) is 30.3 Å². The molecule has 2 aromatic carbocycles. The number of halogens is 6. The molecule has 2 aliphatic carbocycles. The summed E-state index contributed by atoms with van der Waals surface area (Å²) in [6.07, 6.45) is -6.52. The molecule has 204 valence electrons. The summed E-state index contributed by atoms with van der Waals surface area (Å²) in [7, 11) is 0. The van der Waals surface area contributed by atoms with E-state index in [0.29, 0.717) is 17.5 Å². The Balaban J connectivity index is 1.47.